The molecule has 1 heterocycles. The van der Waals surface area contributed by atoms with E-state index < -0.39 is 0 Å². The van der Waals surface area contributed by atoms with Crippen molar-refractivity contribution in [2.75, 3.05) is 0 Å². The Morgan fingerprint density at radius 2 is 2.50 bits per heavy atom. The molecule has 0 aliphatic heterocycles. The Labute approximate surface area is 58.1 Å². The van der Waals surface area contributed by atoms with Crippen LogP contribution in [0.3, 0.4) is 0 Å². The van der Waals surface area contributed by atoms with E-state index in [2.05, 4.69) is 0 Å². The van der Waals surface area contributed by atoms with E-state index in [0.29, 0.717) is 12.0 Å². The van der Waals surface area contributed by atoms with Gasteiger partial charge in [-0.15, -0.1) is 0 Å². The maximum Gasteiger partial charge on any atom is 0.144 e. The summed E-state index contributed by atoms with van der Waals surface area (Å²) < 4.78 is 4.75. The summed E-state index contributed by atoms with van der Waals surface area (Å²) in [6.45, 7) is 0. The summed E-state index contributed by atoms with van der Waals surface area (Å²) in [5.41, 5.74) is 6.57. The summed E-state index contributed by atoms with van der Waals surface area (Å²) in [7, 11) is 0. The Morgan fingerprint density at radius 1 is 1.70 bits per heavy atom. The van der Waals surface area contributed by atoms with Crippen LogP contribution < -0.4 is 5.73 Å². The van der Waals surface area contributed by atoms with Crippen molar-refractivity contribution in [3.05, 3.63) is 30.2 Å². The molecule has 0 aliphatic rings. The third-order valence-electron chi connectivity index (χ3n) is 1.10. The Morgan fingerprint density at radius 3 is 3.00 bits per heavy atom. The highest BCUT2D eigenvalue weighted by Gasteiger charge is 1.94. The molecule has 0 fully saturated rings. The fourth-order valence-corrected chi connectivity index (χ4v) is 0.598. The van der Waals surface area contributed by atoms with Crippen LogP contribution >= 0.6 is 0 Å². The Bertz CT molecular complexity index is 236. The highest BCUT2D eigenvalue weighted by atomic mass is 16.3. The number of carbonyl (C=O) groups excluding carboxylic acids is 1. The minimum Gasteiger partial charge on any atom is -0.472 e. The number of furan rings is 1. The summed E-state index contributed by atoms with van der Waals surface area (Å²) in [6, 6.07) is 1.69. The lowest BCUT2D eigenvalue weighted by Gasteiger charge is -1.89. The molecule has 0 amide bonds. The summed E-state index contributed by atoms with van der Waals surface area (Å²) in [5, 5.41) is 0. The van der Waals surface area contributed by atoms with Gasteiger partial charge in [0.1, 0.15) is 6.29 Å². The van der Waals surface area contributed by atoms with E-state index in [0.717, 1.165) is 5.56 Å². The SMILES string of the molecule is N/C(=C/C=O)c1ccoc1. The molecule has 2 N–H and O–H groups in total. The third kappa shape index (κ3) is 1.25. The molecule has 10 heavy (non-hydrogen) atoms. The third-order valence-corrected chi connectivity index (χ3v) is 1.10. The number of nitrogens with two attached hydrogens (primary N) is 1. The van der Waals surface area contributed by atoms with E-state index in [1.165, 1.54) is 18.6 Å². The largest absolute Gasteiger partial charge is 0.472 e. The highest BCUT2D eigenvalue weighted by molar-refractivity contribution is 5.79. The van der Waals surface area contributed by atoms with Gasteiger partial charge in [-0.2, -0.15) is 0 Å². The van der Waals surface area contributed by atoms with Crippen LogP contribution in [-0.4, -0.2) is 6.29 Å². The van der Waals surface area contributed by atoms with Crippen molar-refractivity contribution in [1.29, 1.82) is 0 Å². The highest BCUT2D eigenvalue weighted by Crippen LogP contribution is 2.07. The van der Waals surface area contributed by atoms with Crippen molar-refractivity contribution < 1.29 is 9.21 Å². The maximum atomic E-state index is 9.92. The molecule has 0 unspecified atom stereocenters. The van der Waals surface area contributed by atoms with Gasteiger partial charge in [-0.25, -0.2) is 0 Å². The van der Waals surface area contributed by atoms with Gasteiger partial charge in [0.25, 0.3) is 0 Å². The van der Waals surface area contributed by atoms with Gasteiger partial charge in [0.05, 0.1) is 12.5 Å². The lowest BCUT2D eigenvalue weighted by Crippen LogP contribution is -1.93. The molecule has 0 saturated heterocycles. The molecule has 0 aromatic carbocycles. The van der Waals surface area contributed by atoms with Crippen LogP contribution in [0.1, 0.15) is 5.56 Å². The van der Waals surface area contributed by atoms with E-state index in [1.54, 1.807) is 6.07 Å². The van der Waals surface area contributed by atoms with E-state index >= 15 is 0 Å². The van der Waals surface area contributed by atoms with E-state index in [4.69, 9.17) is 10.2 Å². The summed E-state index contributed by atoms with van der Waals surface area (Å²) in [6.07, 6.45) is 4.91. The molecule has 3 nitrogen and oxygen atoms in total. The number of rotatable bonds is 2. The molecule has 0 saturated carbocycles. The normalized spacial score (nSPS) is 11.4. The van der Waals surface area contributed by atoms with Gasteiger partial charge in [-0.1, -0.05) is 0 Å². The number of carbonyl (C=O) groups is 1. The molecule has 0 bridgehead atoms. The second-order valence-corrected chi connectivity index (χ2v) is 1.77. The first-order chi connectivity index (χ1) is 4.84. The minimum absolute atomic E-state index is 0.420. The fraction of sp³-hybridized carbons (Fsp3) is 0. The Hall–Kier alpha value is -1.51. The zero-order valence-electron chi connectivity index (χ0n) is 5.28. The monoisotopic (exact) mass is 137 g/mol. The lowest BCUT2D eigenvalue weighted by atomic mass is 10.2. The molecule has 0 spiro atoms. The van der Waals surface area contributed by atoms with E-state index in [1.807, 2.05) is 0 Å². The fourth-order valence-electron chi connectivity index (χ4n) is 0.598. The van der Waals surface area contributed by atoms with Crippen molar-refractivity contribution in [2.45, 2.75) is 0 Å². The summed E-state index contributed by atoms with van der Waals surface area (Å²) in [4.78, 5) is 9.92. The number of aldehydes is 1. The molecule has 0 radical (unpaired) electrons. The van der Waals surface area contributed by atoms with Gasteiger partial charge in [0.2, 0.25) is 0 Å². The van der Waals surface area contributed by atoms with Gasteiger partial charge < -0.3 is 10.2 Å². The molecule has 1 aromatic heterocycles. The van der Waals surface area contributed by atoms with Crippen LogP contribution in [0.4, 0.5) is 0 Å². The smallest absolute Gasteiger partial charge is 0.144 e. The standard InChI is InChI=1S/C7H7NO2/c8-7(1-3-9)6-2-4-10-5-6/h1-5H,8H2/b7-1+. The van der Waals surface area contributed by atoms with Crippen LogP contribution in [0.5, 0.6) is 0 Å². The number of hydrogen-bond acceptors (Lipinski definition) is 3. The van der Waals surface area contributed by atoms with Crippen LogP contribution in [0.15, 0.2) is 29.1 Å². The molecule has 1 aromatic rings. The van der Waals surface area contributed by atoms with Crippen molar-refractivity contribution in [1.82, 2.24) is 0 Å². The molecule has 3 heteroatoms. The van der Waals surface area contributed by atoms with Crippen molar-refractivity contribution in [2.24, 2.45) is 5.73 Å². The van der Waals surface area contributed by atoms with E-state index in [9.17, 15) is 4.79 Å². The van der Waals surface area contributed by atoms with Gasteiger partial charge in [-0.3, -0.25) is 4.79 Å². The minimum atomic E-state index is 0.420. The first-order valence-electron chi connectivity index (χ1n) is 2.78. The molecular formula is C7H7NO2. The van der Waals surface area contributed by atoms with Crippen LogP contribution in [0, 0.1) is 0 Å². The number of allylic oxidation sites excluding steroid dienone is 1. The van der Waals surface area contributed by atoms with Gasteiger partial charge in [0, 0.05) is 17.3 Å². The Balaban J connectivity index is 2.86. The van der Waals surface area contributed by atoms with Crippen molar-refractivity contribution >= 4 is 12.0 Å². The topological polar surface area (TPSA) is 56.2 Å². The Kier molecular flexibility index (Phi) is 1.89. The van der Waals surface area contributed by atoms with E-state index in [-0.39, 0.29) is 0 Å². The van der Waals surface area contributed by atoms with Gasteiger partial charge >= 0.3 is 0 Å². The zero-order chi connectivity index (χ0) is 7.40. The van der Waals surface area contributed by atoms with Crippen LogP contribution in [0.25, 0.3) is 5.70 Å². The van der Waals surface area contributed by atoms with Crippen molar-refractivity contribution in [3.8, 4) is 0 Å². The summed E-state index contributed by atoms with van der Waals surface area (Å²) in [5.74, 6) is 0. The average molecular weight is 137 g/mol. The lowest BCUT2D eigenvalue weighted by molar-refractivity contribution is -0.104. The number of hydrogen-bond donors (Lipinski definition) is 1. The second kappa shape index (κ2) is 2.87. The predicted molar refractivity (Wildman–Crippen MR) is 36.9 cm³/mol. The first kappa shape index (κ1) is 6.61. The van der Waals surface area contributed by atoms with Crippen molar-refractivity contribution in [3.63, 3.8) is 0 Å². The first-order valence-corrected chi connectivity index (χ1v) is 2.78. The second-order valence-electron chi connectivity index (χ2n) is 1.77. The molecule has 0 aliphatic carbocycles. The quantitative estimate of drug-likeness (QED) is 0.484. The average Bonchev–Trinajstić information content (AvgIpc) is 2.38. The molecule has 1 rings (SSSR count). The summed E-state index contributed by atoms with van der Waals surface area (Å²) >= 11 is 0. The molecule has 0 atom stereocenters. The van der Waals surface area contributed by atoms with Gasteiger partial charge in [-0.05, 0) is 6.07 Å². The van der Waals surface area contributed by atoms with Gasteiger partial charge in [0.15, 0.2) is 0 Å². The van der Waals surface area contributed by atoms with Crippen LogP contribution in [-0.2, 0) is 4.79 Å². The van der Waals surface area contributed by atoms with Crippen LogP contribution in [0.2, 0.25) is 0 Å². The molecular weight excluding hydrogens is 130 g/mol. The predicted octanol–water partition coefficient (Wildman–Crippen LogP) is 0.778. The zero-order valence-corrected chi connectivity index (χ0v) is 5.28. The molecule has 52 valence electrons. The maximum absolute atomic E-state index is 9.92.